The summed E-state index contributed by atoms with van der Waals surface area (Å²) in [6, 6.07) is 12.2. The van der Waals surface area contributed by atoms with E-state index >= 15 is 0 Å². The third kappa shape index (κ3) is 5.17. The molecule has 0 N–H and O–H groups in total. The summed E-state index contributed by atoms with van der Waals surface area (Å²) >= 11 is 0. The van der Waals surface area contributed by atoms with Crippen molar-refractivity contribution in [1.82, 2.24) is 9.47 Å². The summed E-state index contributed by atoms with van der Waals surface area (Å²) in [6.45, 7) is -0.409. The van der Waals surface area contributed by atoms with Crippen LogP contribution in [0.3, 0.4) is 0 Å². The van der Waals surface area contributed by atoms with Crippen LogP contribution in [0.5, 0.6) is 5.75 Å². The maximum absolute atomic E-state index is 13.9. The number of rotatable bonds is 5. The van der Waals surface area contributed by atoms with Crippen molar-refractivity contribution in [3.8, 4) is 16.9 Å². The molecule has 212 valence electrons. The summed E-state index contributed by atoms with van der Waals surface area (Å²) in [5.41, 5.74) is -3.33. The van der Waals surface area contributed by atoms with Gasteiger partial charge in [-0.25, -0.2) is 0 Å². The lowest BCUT2D eigenvalue weighted by Gasteiger charge is -2.25. The highest BCUT2D eigenvalue weighted by Crippen LogP contribution is 2.38. The number of carbonyl (C=O) groups is 2. The van der Waals surface area contributed by atoms with Gasteiger partial charge >= 0.3 is 12.4 Å². The molecule has 3 aromatic carbocycles. The normalized spacial score (nSPS) is 13.1. The summed E-state index contributed by atoms with van der Waals surface area (Å²) in [5, 5.41) is 0.444. The van der Waals surface area contributed by atoms with Gasteiger partial charge in [-0.3, -0.25) is 14.4 Å². The molecule has 1 aliphatic heterocycles. The van der Waals surface area contributed by atoms with Crippen molar-refractivity contribution in [1.29, 1.82) is 0 Å². The Morgan fingerprint density at radius 3 is 2.27 bits per heavy atom. The van der Waals surface area contributed by atoms with Gasteiger partial charge in [0.25, 0.3) is 11.5 Å². The molecule has 41 heavy (non-hydrogen) atoms. The third-order valence-corrected chi connectivity index (χ3v) is 6.76. The number of pyridine rings is 1. The fourth-order valence-electron chi connectivity index (χ4n) is 4.97. The van der Waals surface area contributed by atoms with Crippen molar-refractivity contribution in [3.63, 3.8) is 0 Å². The van der Waals surface area contributed by atoms with E-state index in [1.54, 1.807) is 30.3 Å². The Labute approximate surface area is 228 Å². The molecule has 0 atom stereocenters. The first kappa shape index (κ1) is 27.9. The van der Waals surface area contributed by atoms with Gasteiger partial charge in [0.15, 0.2) is 0 Å². The molecule has 5 rings (SSSR count). The zero-order valence-electron chi connectivity index (χ0n) is 21.3. The first-order chi connectivity index (χ1) is 19.3. The molecule has 1 amide bonds. The van der Waals surface area contributed by atoms with Crippen LogP contribution >= 0.6 is 0 Å². The molecular weight excluding hydrogens is 554 g/mol. The molecule has 0 bridgehead atoms. The topological polar surface area (TPSA) is 68.6 Å². The van der Waals surface area contributed by atoms with E-state index in [0.717, 1.165) is 4.90 Å². The molecule has 2 heterocycles. The lowest BCUT2D eigenvalue weighted by Crippen LogP contribution is -2.37. The smallest absolute Gasteiger partial charge is 0.416 e. The van der Waals surface area contributed by atoms with Gasteiger partial charge in [0.1, 0.15) is 24.2 Å². The molecule has 0 unspecified atom stereocenters. The van der Waals surface area contributed by atoms with E-state index in [1.807, 2.05) is 0 Å². The molecule has 0 saturated carbocycles. The van der Waals surface area contributed by atoms with Crippen molar-refractivity contribution < 1.29 is 40.7 Å². The van der Waals surface area contributed by atoms with Gasteiger partial charge in [0.2, 0.25) is 0 Å². The molecule has 1 aromatic heterocycles. The van der Waals surface area contributed by atoms with Crippen molar-refractivity contribution in [3.05, 3.63) is 98.8 Å². The van der Waals surface area contributed by atoms with Crippen LogP contribution in [-0.2, 0) is 25.4 Å². The zero-order valence-corrected chi connectivity index (χ0v) is 21.3. The molecule has 6 nitrogen and oxygen atoms in total. The molecule has 4 aromatic rings. The predicted molar refractivity (Wildman–Crippen MR) is 137 cm³/mol. The summed E-state index contributed by atoms with van der Waals surface area (Å²) in [6.07, 6.45) is -9.53. The summed E-state index contributed by atoms with van der Waals surface area (Å²) < 4.78 is 87.4. The Bertz CT molecular complexity index is 1730. The van der Waals surface area contributed by atoms with Gasteiger partial charge in [-0.05, 0) is 41.5 Å². The summed E-state index contributed by atoms with van der Waals surface area (Å²) in [4.78, 5) is 40.1. The Morgan fingerprint density at radius 2 is 1.63 bits per heavy atom. The number of benzene rings is 3. The first-order valence-electron chi connectivity index (χ1n) is 12.2. The highest BCUT2D eigenvalue weighted by molar-refractivity contribution is 6.10. The zero-order chi connectivity index (χ0) is 29.7. The number of aldehydes is 1. The van der Waals surface area contributed by atoms with Gasteiger partial charge in [0.05, 0.1) is 23.2 Å². The predicted octanol–water partition coefficient (Wildman–Crippen LogP) is 6.18. The molecule has 12 heteroatoms. The third-order valence-electron chi connectivity index (χ3n) is 6.76. The van der Waals surface area contributed by atoms with E-state index in [2.05, 4.69) is 0 Å². The molecule has 0 saturated heterocycles. The number of ether oxygens (including phenoxy) is 1. The lowest BCUT2D eigenvalue weighted by atomic mass is 9.93. The van der Waals surface area contributed by atoms with Crippen molar-refractivity contribution in [2.24, 2.45) is 0 Å². The first-order valence-corrected chi connectivity index (χ1v) is 12.2. The van der Waals surface area contributed by atoms with Gasteiger partial charge in [0, 0.05) is 30.1 Å². The number of hydrogen-bond donors (Lipinski definition) is 0. The van der Waals surface area contributed by atoms with Crippen molar-refractivity contribution in [2.75, 3.05) is 13.7 Å². The van der Waals surface area contributed by atoms with Gasteiger partial charge in [-0.2, -0.15) is 26.3 Å². The van der Waals surface area contributed by atoms with Crippen LogP contribution in [-0.4, -0.2) is 35.3 Å². The minimum atomic E-state index is -5.06. The van der Waals surface area contributed by atoms with Gasteiger partial charge < -0.3 is 14.2 Å². The second kappa shape index (κ2) is 10.1. The number of carbonyl (C=O) groups excluding carboxylic acids is 2. The fourth-order valence-corrected chi connectivity index (χ4v) is 4.97. The van der Waals surface area contributed by atoms with Crippen LogP contribution in [0.2, 0.25) is 0 Å². The van der Waals surface area contributed by atoms with Crippen LogP contribution in [0.1, 0.15) is 37.4 Å². The minimum absolute atomic E-state index is 0.00355. The fraction of sp³-hybridized carbons (Fsp3) is 0.207. The van der Waals surface area contributed by atoms with E-state index in [9.17, 15) is 40.7 Å². The van der Waals surface area contributed by atoms with Gasteiger partial charge in [-0.15, -0.1) is 0 Å². The Morgan fingerprint density at radius 1 is 0.976 bits per heavy atom. The lowest BCUT2D eigenvalue weighted by molar-refractivity contribution is -0.143. The average molecular weight is 574 g/mol. The second-order valence-corrected chi connectivity index (χ2v) is 9.53. The van der Waals surface area contributed by atoms with Crippen LogP contribution in [0, 0.1) is 0 Å². The molecule has 0 radical (unpaired) electrons. The van der Waals surface area contributed by atoms with E-state index in [1.165, 1.54) is 23.7 Å². The van der Waals surface area contributed by atoms with Crippen molar-refractivity contribution in [2.45, 2.75) is 25.4 Å². The largest absolute Gasteiger partial charge is 0.490 e. The van der Waals surface area contributed by atoms with Crippen LogP contribution in [0.15, 0.2) is 65.5 Å². The number of para-hydroxylation sites is 1. The number of aromatic nitrogens is 1. The van der Waals surface area contributed by atoms with E-state index in [-0.39, 0.29) is 35.9 Å². The Kier molecular flexibility index (Phi) is 6.88. The van der Waals surface area contributed by atoms with Crippen molar-refractivity contribution >= 4 is 23.1 Å². The molecule has 0 fully saturated rings. The number of nitrogens with zero attached hydrogens (tertiary/aromatic N) is 2. The monoisotopic (exact) mass is 574 g/mol. The number of hydrogen-bond acceptors (Lipinski definition) is 4. The maximum atomic E-state index is 13.9. The molecular formula is C29H20F6N2O4. The minimum Gasteiger partial charge on any atom is -0.490 e. The maximum Gasteiger partial charge on any atom is 0.416 e. The highest BCUT2D eigenvalue weighted by Gasteiger charge is 2.37. The van der Waals surface area contributed by atoms with E-state index in [0.29, 0.717) is 40.6 Å². The van der Waals surface area contributed by atoms with Gasteiger partial charge in [-0.1, -0.05) is 30.3 Å². The second-order valence-electron chi connectivity index (χ2n) is 9.53. The van der Waals surface area contributed by atoms with Crippen LogP contribution < -0.4 is 10.3 Å². The summed E-state index contributed by atoms with van der Waals surface area (Å²) in [7, 11) is 1.18. The number of halogens is 6. The van der Waals surface area contributed by atoms with Crippen LogP contribution in [0.4, 0.5) is 26.3 Å². The average Bonchev–Trinajstić information content (AvgIpc) is 2.93. The molecule has 0 spiro atoms. The van der Waals surface area contributed by atoms with E-state index in [4.69, 9.17) is 4.74 Å². The number of amides is 1. The van der Waals surface area contributed by atoms with E-state index < -0.39 is 47.1 Å². The summed E-state index contributed by atoms with van der Waals surface area (Å²) in [5.74, 6) is -0.523. The molecule has 0 aliphatic carbocycles. The quantitative estimate of drug-likeness (QED) is 0.211. The highest BCUT2D eigenvalue weighted by atomic mass is 19.4. The SMILES string of the molecule is CN(Cc1cc(C(F)(F)F)cc(C(F)(F)F)c1)C(=O)c1c(-c2cccc(C=O)c2)c2cccc3c2n(c1=O)CCO3. The molecule has 1 aliphatic rings. The number of alkyl halides is 6. The Hall–Kier alpha value is -4.61. The Balaban J connectivity index is 1.68. The standard InChI is InChI=1S/C29H20F6N2O4/c1-36(14-17-11-19(28(30,31)32)13-20(12-17)29(33,34)35)26(39)24-23(18-5-2-4-16(10-18)15-38)21-6-3-7-22-25(21)37(27(24)40)8-9-41-22/h2-7,10-13,15H,8-9,14H2,1H3. The van der Waals surface area contributed by atoms with Crippen LogP contribution in [0.25, 0.3) is 22.0 Å².